The first-order valence-electron chi connectivity index (χ1n) is 7.52. The average Bonchev–Trinajstić information content (AvgIpc) is 2.49. The molecule has 0 fully saturated rings. The quantitative estimate of drug-likeness (QED) is 0.515. The van der Waals surface area contributed by atoms with Crippen molar-refractivity contribution in [2.75, 3.05) is 0 Å². The van der Waals surface area contributed by atoms with Crippen LogP contribution in [0.2, 0.25) is 0 Å². The van der Waals surface area contributed by atoms with Crippen LogP contribution in [0.15, 0.2) is 36.9 Å². The van der Waals surface area contributed by atoms with Crippen molar-refractivity contribution < 1.29 is 14.0 Å². The molecule has 4 nitrogen and oxygen atoms in total. The molecule has 2 amide bonds. The Balaban J connectivity index is 2.47. The van der Waals surface area contributed by atoms with Crippen molar-refractivity contribution in [1.82, 2.24) is 5.32 Å². The van der Waals surface area contributed by atoms with Gasteiger partial charge in [-0.05, 0) is 31.4 Å². The predicted octanol–water partition coefficient (Wildman–Crippen LogP) is 2.94. The van der Waals surface area contributed by atoms with Crippen molar-refractivity contribution in [3.63, 3.8) is 0 Å². The van der Waals surface area contributed by atoms with Gasteiger partial charge in [-0.25, -0.2) is 4.39 Å². The lowest BCUT2D eigenvalue weighted by molar-refractivity contribution is -0.120. The minimum Gasteiger partial charge on any atom is -0.368 e. The van der Waals surface area contributed by atoms with Gasteiger partial charge in [-0.1, -0.05) is 37.5 Å². The molecule has 0 aromatic heterocycles. The van der Waals surface area contributed by atoms with Gasteiger partial charge in [-0.3, -0.25) is 9.59 Å². The highest BCUT2D eigenvalue weighted by atomic mass is 19.1. The lowest BCUT2D eigenvalue weighted by atomic mass is 10.1. The monoisotopic (exact) mass is 306 g/mol. The number of unbranched alkanes of at least 4 members (excludes halogenated alkanes) is 4. The van der Waals surface area contributed by atoms with Crippen LogP contribution in [0, 0.1) is 5.82 Å². The molecule has 120 valence electrons. The molecule has 0 aliphatic heterocycles. The Morgan fingerprint density at radius 1 is 1.23 bits per heavy atom. The van der Waals surface area contributed by atoms with Gasteiger partial charge >= 0.3 is 0 Å². The number of allylic oxidation sites excluding steroid dienone is 1. The highest BCUT2D eigenvalue weighted by Gasteiger charge is 2.20. The number of hydrogen-bond donors (Lipinski definition) is 2. The molecule has 22 heavy (non-hydrogen) atoms. The summed E-state index contributed by atoms with van der Waals surface area (Å²) in [5.74, 6) is -1.84. The molecular formula is C17H23FN2O2. The van der Waals surface area contributed by atoms with Crippen LogP contribution in [0.4, 0.5) is 4.39 Å². The minimum absolute atomic E-state index is 0.0836. The highest BCUT2D eigenvalue weighted by molar-refractivity contribution is 5.97. The van der Waals surface area contributed by atoms with E-state index in [-0.39, 0.29) is 5.56 Å². The minimum atomic E-state index is -0.772. The summed E-state index contributed by atoms with van der Waals surface area (Å²) >= 11 is 0. The molecule has 1 rings (SSSR count). The van der Waals surface area contributed by atoms with E-state index in [1.165, 1.54) is 18.2 Å². The number of carbonyl (C=O) groups excluding carboxylic acids is 2. The number of rotatable bonds is 10. The zero-order valence-corrected chi connectivity index (χ0v) is 12.7. The van der Waals surface area contributed by atoms with Crippen molar-refractivity contribution in [2.24, 2.45) is 5.73 Å². The highest BCUT2D eigenvalue weighted by Crippen LogP contribution is 2.10. The van der Waals surface area contributed by atoms with E-state index in [0.717, 1.165) is 32.1 Å². The van der Waals surface area contributed by atoms with E-state index in [4.69, 9.17) is 5.73 Å². The number of primary amides is 1. The smallest absolute Gasteiger partial charge is 0.254 e. The van der Waals surface area contributed by atoms with Crippen LogP contribution in [0.25, 0.3) is 0 Å². The third kappa shape index (κ3) is 6.08. The first kappa shape index (κ1) is 17.9. The molecule has 0 spiro atoms. The van der Waals surface area contributed by atoms with Crippen molar-refractivity contribution >= 4 is 11.8 Å². The van der Waals surface area contributed by atoms with E-state index in [1.807, 2.05) is 6.08 Å². The molecule has 1 aromatic rings. The number of amides is 2. The summed E-state index contributed by atoms with van der Waals surface area (Å²) in [6, 6.07) is 4.87. The fourth-order valence-corrected chi connectivity index (χ4v) is 2.16. The second-order valence-electron chi connectivity index (χ2n) is 5.19. The van der Waals surface area contributed by atoms with E-state index in [1.54, 1.807) is 6.07 Å². The van der Waals surface area contributed by atoms with Gasteiger partial charge in [0.05, 0.1) is 5.56 Å². The Hall–Kier alpha value is -2.17. The summed E-state index contributed by atoms with van der Waals surface area (Å²) in [6.45, 7) is 3.66. The standard InChI is InChI=1S/C17H23FN2O2/c1-2-3-4-5-6-7-12-15(16(19)21)20-17(22)13-10-8-9-11-14(13)18/h2,8-11,15H,1,3-7,12H2,(H2,19,21)(H,20,22)/t15-/m1/s1. The lowest BCUT2D eigenvalue weighted by Gasteiger charge is -2.15. The van der Waals surface area contributed by atoms with E-state index in [9.17, 15) is 14.0 Å². The van der Waals surface area contributed by atoms with Gasteiger partial charge in [0.15, 0.2) is 0 Å². The largest absolute Gasteiger partial charge is 0.368 e. The molecule has 5 heteroatoms. The topological polar surface area (TPSA) is 72.2 Å². The summed E-state index contributed by atoms with van der Waals surface area (Å²) in [4.78, 5) is 23.4. The summed E-state index contributed by atoms with van der Waals surface area (Å²) in [5, 5.41) is 2.51. The van der Waals surface area contributed by atoms with Gasteiger partial charge in [-0.2, -0.15) is 0 Å². The number of hydrogen-bond acceptors (Lipinski definition) is 2. The first-order valence-corrected chi connectivity index (χ1v) is 7.52. The molecule has 0 radical (unpaired) electrons. The van der Waals surface area contributed by atoms with E-state index in [0.29, 0.717) is 6.42 Å². The van der Waals surface area contributed by atoms with Gasteiger partial charge in [-0.15, -0.1) is 6.58 Å². The fraction of sp³-hybridized carbons (Fsp3) is 0.412. The van der Waals surface area contributed by atoms with Gasteiger partial charge in [0.25, 0.3) is 5.91 Å². The van der Waals surface area contributed by atoms with Crippen LogP contribution in [0.5, 0.6) is 0 Å². The molecule has 0 saturated heterocycles. The first-order chi connectivity index (χ1) is 10.6. The van der Waals surface area contributed by atoms with Crippen LogP contribution in [0.3, 0.4) is 0 Å². The van der Waals surface area contributed by atoms with E-state index >= 15 is 0 Å². The summed E-state index contributed by atoms with van der Waals surface area (Å²) < 4.78 is 13.5. The molecule has 0 aliphatic rings. The molecule has 0 heterocycles. The maximum absolute atomic E-state index is 13.5. The summed E-state index contributed by atoms with van der Waals surface area (Å²) in [6.07, 6.45) is 7.15. The zero-order valence-electron chi connectivity index (χ0n) is 12.7. The second-order valence-corrected chi connectivity index (χ2v) is 5.19. The second kappa shape index (κ2) is 9.71. The Kier molecular flexibility index (Phi) is 7.89. The van der Waals surface area contributed by atoms with Crippen molar-refractivity contribution in [2.45, 2.75) is 44.6 Å². The Labute approximate surface area is 130 Å². The van der Waals surface area contributed by atoms with Gasteiger partial charge in [0.2, 0.25) is 5.91 Å². The number of carbonyl (C=O) groups is 2. The zero-order chi connectivity index (χ0) is 16.4. The Morgan fingerprint density at radius 3 is 2.55 bits per heavy atom. The van der Waals surface area contributed by atoms with Crippen LogP contribution < -0.4 is 11.1 Å². The Morgan fingerprint density at radius 2 is 1.91 bits per heavy atom. The van der Waals surface area contributed by atoms with Crippen LogP contribution in [-0.2, 0) is 4.79 Å². The van der Waals surface area contributed by atoms with Crippen LogP contribution in [-0.4, -0.2) is 17.9 Å². The molecule has 1 atom stereocenters. The lowest BCUT2D eigenvalue weighted by Crippen LogP contribution is -2.44. The third-order valence-corrected chi connectivity index (χ3v) is 3.42. The number of halogens is 1. The third-order valence-electron chi connectivity index (χ3n) is 3.42. The van der Waals surface area contributed by atoms with Crippen molar-refractivity contribution in [3.8, 4) is 0 Å². The van der Waals surface area contributed by atoms with E-state index < -0.39 is 23.7 Å². The molecule has 0 aliphatic carbocycles. The van der Waals surface area contributed by atoms with Gasteiger partial charge in [0, 0.05) is 0 Å². The predicted molar refractivity (Wildman–Crippen MR) is 84.7 cm³/mol. The number of benzene rings is 1. The molecule has 0 saturated carbocycles. The Bertz CT molecular complexity index is 517. The van der Waals surface area contributed by atoms with Crippen molar-refractivity contribution in [1.29, 1.82) is 0 Å². The number of nitrogens with two attached hydrogens (primary N) is 1. The average molecular weight is 306 g/mol. The van der Waals surface area contributed by atoms with Crippen LogP contribution >= 0.6 is 0 Å². The molecule has 0 unspecified atom stereocenters. The van der Waals surface area contributed by atoms with Crippen molar-refractivity contribution in [3.05, 3.63) is 48.3 Å². The van der Waals surface area contributed by atoms with Gasteiger partial charge in [0.1, 0.15) is 11.9 Å². The molecule has 1 aromatic carbocycles. The maximum atomic E-state index is 13.5. The number of nitrogens with one attached hydrogen (secondary N) is 1. The molecule has 3 N–H and O–H groups in total. The molecule has 0 bridgehead atoms. The summed E-state index contributed by atoms with van der Waals surface area (Å²) in [5.41, 5.74) is 5.22. The normalized spacial score (nSPS) is 11.7. The SMILES string of the molecule is C=CCCCCCC[C@@H](NC(=O)c1ccccc1F)C(N)=O. The molecular weight excluding hydrogens is 283 g/mol. The fourth-order valence-electron chi connectivity index (χ4n) is 2.16. The van der Waals surface area contributed by atoms with Gasteiger partial charge < -0.3 is 11.1 Å². The van der Waals surface area contributed by atoms with Crippen LogP contribution in [0.1, 0.15) is 48.9 Å². The summed E-state index contributed by atoms with van der Waals surface area (Å²) in [7, 11) is 0. The van der Waals surface area contributed by atoms with E-state index in [2.05, 4.69) is 11.9 Å². The maximum Gasteiger partial charge on any atom is 0.254 e.